The van der Waals surface area contributed by atoms with E-state index < -0.39 is 0 Å². The lowest BCUT2D eigenvalue weighted by Gasteiger charge is -2.21. The monoisotopic (exact) mass is 206 g/mol. The Balaban J connectivity index is 3.10. The summed E-state index contributed by atoms with van der Waals surface area (Å²) < 4.78 is 0. The van der Waals surface area contributed by atoms with E-state index in [-0.39, 0.29) is 10.8 Å². The van der Waals surface area contributed by atoms with Crippen molar-refractivity contribution in [2.24, 2.45) is 10.8 Å². The van der Waals surface area contributed by atoms with Gasteiger partial charge in [0.2, 0.25) is 0 Å². The first-order chi connectivity index (χ1) is 6.66. The molecule has 0 aromatic rings. The first-order valence-corrected chi connectivity index (χ1v) is 5.56. The van der Waals surface area contributed by atoms with Crippen LogP contribution in [0.15, 0.2) is 22.8 Å². The lowest BCUT2D eigenvalue weighted by molar-refractivity contribution is -0.105. The van der Waals surface area contributed by atoms with Crippen LogP contribution in [0, 0.1) is 10.8 Å². The number of rotatable bonds is 1. The fourth-order valence-electron chi connectivity index (χ4n) is 1.90. The second-order valence-electron chi connectivity index (χ2n) is 6.40. The number of allylic oxidation sites excluding steroid dienone is 4. The molecule has 0 aromatic heterocycles. The highest BCUT2D eigenvalue weighted by atomic mass is 16.1. The summed E-state index contributed by atoms with van der Waals surface area (Å²) in [6.45, 7) is 13.1. The molecule has 1 aliphatic carbocycles. The van der Waals surface area contributed by atoms with Crippen LogP contribution in [0.1, 0.15) is 48.0 Å². The Morgan fingerprint density at radius 3 is 1.87 bits per heavy atom. The standard InChI is InChI=1S/C14H22O/c1-13(2,3)11-7-10(9-15)12(8-11)14(4,5)6/h8-9H,7H2,1-6H3. The Morgan fingerprint density at radius 1 is 1.07 bits per heavy atom. The number of hydrogen-bond donors (Lipinski definition) is 0. The third-order valence-electron chi connectivity index (χ3n) is 2.96. The summed E-state index contributed by atoms with van der Waals surface area (Å²) in [6, 6.07) is 0. The highest BCUT2D eigenvalue weighted by Crippen LogP contribution is 2.42. The van der Waals surface area contributed by atoms with Crippen LogP contribution in [0.25, 0.3) is 0 Å². The molecule has 0 saturated heterocycles. The van der Waals surface area contributed by atoms with Crippen molar-refractivity contribution in [3.8, 4) is 0 Å². The molecule has 0 unspecified atom stereocenters. The van der Waals surface area contributed by atoms with E-state index >= 15 is 0 Å². The Kier molecular flexibility index (Phi) is 2.95. The molecule has 0 bridgehead atoms. The molecule has 1 nitrogen and oxygen atoms in total. The van der Waals surface area contributed by atoms with Gasteiger partial charge in [0.05, 0.1) is 0 Å². The van der Waals surface area contributed by atoms with Gasteiger partial charge >= 0.3 is 0 Å². The molecule has 0 fully saturated rings. The van der Waals surface area contributed by atoms with Gasteiger partial charge in [0, 0.05) is 0 Å². The lowest BCUT2D eigenvalue weighted by Crippen LogP contribution is -2.09. The van der Waals surface area contributed by atoms with Gasteiger partial charge in [-0.05, 0) is 28.4 Å². The van der Waals surface area contributed by atoms with E-state index in [2.05, 4.69) is 47.6 Å². The van der Waals surface area contributed by atoms with Crippen molar-refractivity contribution >= 4 is 6.29 Å². The third-order valence-corrected chi connectivity index (χ3v) is 2.96. The van der Waals surface area contributed by atoms with Gasteiger partial charge < -0.3 is 0 Å². The van der Waals surface area contributed by atoms with E-state index in [1.165, 1.54) is 11.1 Å². The Hall–Kier alpha value is -0.850. The minimum absolute atomic E-state index is 0.0727. The molecule has 0 spiro atoms. The maximum atomic E-state index is 11.0. The molecular weight excluding hydrogens is 184 g/mol. The van der Waals surface area contributed by atoms with Gasteiger partial charge in [0.1, 0.15) is 6.29 Å². The first-order valence-electron chi connectivity index (χ1n) is 5.56. The van der Waals surface area contributed by atoms with E-state index in [1.54, 1.807) is 0 Å². The second kappa shape index (κ2) is 3.62. The minimum Gasteiger partial charge on any atom is -0.298 e. The number of carbonyl (C=O) groups excluding carboxylic acids is 1. The third kappa shape index (κ3) is 2.58. The lowest BCUT2D eigenvalue weighted by atomic mass is 9.84. The van der Waals surface area contributed by atoms with Crippen LogP contribution in [-0.4, -0.2) is 6.29 Å². The van der Waals surface area contributed by atoms with Crippen LogP contribution in [-0.2, 0) is 4.79 Å². The van der Waals surface area contributed by atoms with Crippen molar-refractivity contribution < 1.29 is 4.79 Å². The van der Waals surface area contributed by atoms with Gasteiger partial charge in [-0.1, -0.05) is 53.2 Å². The van der Waals surface area contributed by atoms with Gasteiger partial charge in [-0.3, -0.25) is 4.79 Å². The number of carbonyl (C=O) groups is 1. The smallest absolute Gasteiger partial charge is 0.146 e. The van der Waals surface area contributed by atoms with Crippen LogP contribution in [0.2, 0.25) is 0 Å². The van der Waals surface area contributed by atoms with E-state index in [0.29, 0.717) is 0 Å². The van der Waals surface area contributed by atoms with Crippen molar-refractivity contribution in [1.29, 1.82) is 0 Å². The summed E-state index contributed by atoms with van der Waals surface area (Å²) in [5.41, 5.74) is 3.79. The predicted octanol–water partition coefficient (Wildman–Crippen LogP) is 3.90. The average molecular weight is 206 g/mol. The summed E-state index contributed by atoms with van der Waals surface area (Å²) in [4.78, 5) is 11.0. The minimum atomic E-state index is 0.0727. The zero-order valence-electron chi connectivity index (χ0n) is 10.8. The van der Waals surface area contributed by atoms with E-state index in [0.717, 1.165) is 18.3 Å². The molecule has 0 heterocycles. The van der Waals surface area contributed by atoms with Crippen molar-refractivity contribution in [2.45, 2.75) is 48.0 Å². The molecule has 0 radical (unpaired) electrons. The maximum Gasteiger partial charge on any atom is 0.146 e. The summed E-state index contributed by atoms with van der Waals surface area (Å²) in [5.74, 6) is 0. The maximum absolute atomic E-state index is 11.0. The van der Waals surface area contributed by atoms with Crippen molar-refractivity contribution in [3.63, 3.8) is 0 Å². The molecule has 15 heavy (non-hydrogen) atoms. The highest BCUT2D eigenvalue weighted by Gasteiger charge is 2.29. The van der Waals surface area contributed by atoms with Crippen LogP contribution < -0.4 is 0 Å². The fraction of sp³-hybridized carbons (Fsp3) is 0.643. The summed E-state index contributed by atoms with van der Waals surface area (Å²) in [7, 11) is 0. The zero-order valence-corrected chi connectivity index (χ0v) is 10.8. The molecule has 1 heteroatoms. The van der Waals surface area contributed by atoms with Crippen LogP contribution in [0.4, 0.5) is 0 Å². The van der Waals surface area contributed by atoms with Crippen molar-refractivity contribution in [2.75, 3.05) is 0 Å². The molecule has 84 valence electrons. The van der Waals surface area contributed by atoms with Crippen molar-refractivity contribution in [3.05, 3.63) is 22.8 Å². The molecule has 0 aliphatic heterocycles. The normalized spacial score (nSPS) is 18.1. The topological polar surface area (TPSA) is 17.1 Å². The average Bonchev–Trinajstić information content (AvgIpc) is 2.44. The van der Waals surface area contributed by atoms with Crippen LogP contribution >= 0.6 is 0 Å². The molecule has 0 saturated carbocycles. The van der Waals surface area contributed by atoms with Gasteiger partial charge in [0.15, 0.2) is 0 Å². The highest BCUT2D eigenvalue weighted by molar-refractivity contribution is 5.79. The van der Waals surface area contributed by atoms with Crippen molar-refractivity contribution in [1.82, 2.24) is 0 Å². The first kappa shape index (κ1) is 12.2. The van der Waals surface area contributed by atoms with Gasteiger partial charge in [-0.25, -0.2) is 0 Å². The SMILES string of the molecule is CC(C)(C)C1=CC(C(C)(C)C)=C(C=O)C1. The van der Waals surface area contributed by atoms with Crippen LogP contribution in [0.3, 0.4) is 0 Å². The summed E-state index contributed by atoms with van der Waals surface area (Å²) >= 11 is 0. The molecular formula is C14H22O. The molecule has 1 aliphatic rings. The van der Waals surface area contributed by atoms with E-state index in [4.69, 9.17) is 0 Å². The fourth-order valence-corrected chi connectivity index (χ4v) is 1.90. The summed E-state index contributed by atoms with van der Waals surface area (Å²) in [5, 5.41) is 0. The molecule has 0 atom stereocenters. The number of aldehydes is 1. The molecule has 0 amide bonds. The van der Waals surface area contributed by atoms with Crippen LogP contribution in [0.5, 0.6) is 0 Å². The Bertz CT molecular complexity index is 329. The number of hydrogen-bond acceptors (Lipinski definition) is 1. The Labute approximate surface area is 93.3 Å². The zero-order chi connectivity index (χ0) is 11.9. The largest absolute Gasteiger partial charge is 0.298 e. The quantitative estimate of drug-likeness (QED) is 0.595. The van der Waals surface area contributed by atoms with E-state index in [1.807, 2.05) is 0 Å². The predicted molar refractivity (Wildman–Crippen MR) is 64.7 cm³/mol. The summed E-state index contributed by atoms with van der Waals surface area (Å²) in [6.07, 6.45) is 4.08. The molecule has 1 rings (SSSR count). The van der Waals surface area contributed by atoms with Gasteiger partial charge in [-0.15, -0.1) is 0 Å². The molecule has 0 N–H and O–H groups in total. The van der Waals surface area contributed by atoms with Gasteiger partial charge in [-0.2, -0.15) is 0 Å². The Morgan fingerprint density at radius 2 is 1.60 bits per heavy atom. The van der Waals surface area contributed by atoms with Gasteiger partial charge in [0.25, 0.3) is 0 Å². The van der Waals surface area contributed by atoms with E-state index in [9.17, 15) is 4.79 Å². The molecule has 0 aromatic carbocycles. The second-order valence-corrected chi connectivity index (χ2v) is 6.40.